The SMILES string of the molecule is Cc1ccc(NC(=O)c2ccc(N(C)C)cc2)c(-c2ccccc2)c1. The van der Waals surface area contributed by atoms with Crippen molar-refractivity contribution < 1.29 is 4.79 Å². The summed E-state index contributed by atoms with van der Waals surface area (Å²) >= 11 is 0. The van der Waals surface area contributed by atoms with Gasteiger partial charge < -0.3 is 10.2 Å². The number of benzene rings is 3. The Morgan fingerprint density at radius 1 is 0.880 bits per heavy atom. The first-order valence-corrected chi connectivity index (χ1v) is 8.29. The van der Waals surface area contributed by atoms with Gasteiger partial charge in [-0.25, -0.2) is 0 Å². The van der Waals surface area contributed by atoms with Crippen molar-refractivity contribution in [2.75, 3.05) is 24.3 Å². The van der Waals surface area contributed by atoms with Gasteiger partial charge >= 0.3 is 0 Å². The molecule has 25 heavy (non-hydrogen) atoms. The normalized spacial score (nSPS) is 10.4. The van der Waals surface area contributed by atoms with Crippen LogP contribution in [-0.2, 0) is 0 Å². The molecule has 0 fully saturated rings. The van der Waals surface area contributed by atoms with Crippen molar-refractivity contribution in [1.29, 1.82) is 0 Å². The molecule has 3 nitrogen and oxygen atoms in total. The molecule has 0 saturated heterocycles. The van der Waals surface area contributed by atoms with Crippen LogP contribution in [0.15, 0.2) is 72.8 Å². The van der Waals surface area contributed by atoms with Gasteiger partial charge in [0.25, 0.3) is 5.91 Å². The minimum absolute atomic E-state index is 0.105. The van der Waals surface area contributed by atoms with E-state index in [1.807, 2.05) is 73.6 Å². The highest BCUT2D eigenvalue weighted by Gasteiger charge is 2.11. The lowest BCUT2D eigenvalue weighted by molar-refractivity contribution is 0.102. The third-order valence-electron chi connectivity index (χ3n) is 4.15. The number of hydrogen-bond acceptors (Lipinski definition) is 2. The maximum Gasteiger partial charge on any atom is 0.255 e. The quantitative estimate of drug-likeness (QED) is 0.731. The lowest BCUT2D eigenvalue weighted by atomic mass is 10.0. The number of carbonyl (C=O) groups excluding carboxylic acids is 1. The van der Waals surface area contributed by atoms with Gasteiger partial charge in [-0.05, 0) is 48.9 Å². The topological polar surface area (TPSA) is 32.3 Å². The standard InChI is InChI=1S/C22H22N2O/c1-16-9-14-21(20(15-16)17-7-5-4-6-8-17)23-22(25)18-10-12-19(13-11-18)24(2)3/h4-15H,1-3H3,(H,23,25). The molecule has 0 spiro atoms. The molecule has 3 rings (SSSR count). The van der Waals surface area contributed by atoms with E-state index in [0.29, 0.717) is 5.56 Å². The monoisotopic (exact) mass is 330 g/mol. The van der Waals surface area contributed by atoms with Gasteiger partial charge in [0.2, 0.25) is 0 Å². The average Bonchev–Trinajstić information content (AvgIpc) is 2.64. The van der Waals surface area contributed by atoms with Gasteiger partial charge in [-0.3, -0.25) is 4.79 Å². The number of nitrogens with one attached hydrogen (secondary N) is 1. The lowest BCUT2D eigenvalue weighted by Crippen LogP contribution is -2.13. The fraction of sp³-hybridized carbons (Fsp3) is 0.136. The minimum atomic E-state index is -0.105. The summed E-state index contributed by atoms with van der Waals surface area (Å²) in [4.78, 5) is 14.6. The Kier molecular flexibility index (Phi) is 4.85. The molecule has 0 atom stereocenters. The van der Waals surface area contributed by atoms with E-state index < -0.39 is 0 Å². The molecule has 1 amide bonds. The summed E-state index contributed by atoms with van der Waals surface area (Å²) in [7, 11) is 3.96. The fourth-order valence-corrected chi connectivity index (χ4v) is 2.73. The number of amides is 1. The Labute approximate surface area is 148 Å². The molecule has 0 unspecified atom stereocenters. The summed E-state index contributed by atoms with van der Waals surface area (Å²) in [5, 5.41) is 3.05. The van der Waals surface area contributed by atoms with E-state index in [0.717, 1.165) is 28.1 Å². The Morgan fingerprint density at radius 2 is 1.56 bits per heavy atom. The molecular weight excluding hydrogens is 308 g/mol. The Morgan fingerprint density at radius 3 is 2.20 bits per heavy atom. The molecule has 3 aromatic carbocycles. The van der Waals surface area contributed by atoms with E-state index in [1.54, 1.807) is 0 Å². The smallest absolute Gasteiger partial charge is 0.255 e. The number of nitrogens with zero attached hydrogens (tertiary/aromatic N) is 1. The third kappa shape index (κ3) is 3.89. The maximum absolute atomic E-state index is 12.6. The maximum atomic E-state index is 12.6. The number of carbonyl (C=O) groups is 1. The van der Waals surface area contributed by atoms with E-state index in [9.17, 15) is 4.79 Å². The largest absolute Gasteiger partial charge is 0.378 e. The molecule has 0 radical (unpaired) electrons. The second-order valence-electron chi connectivity index (χ2n) is 6.31. The lowest BCUT2D eigenvalue weighted by Gasteiger charge is -2.14. The molecule has 0 aliphatic carbocycles. The first-order valence-electron chi connectivity index (χ1n) is 8.29. The second kappa shape index (κ2) is 7.22. The van der Waals surface area contributed by atoms with Gasteiger partial charge in [0.1, 0.15) is 0 Å². The third-order valence-corrected chi connectivity index (χ3v) is 4.15. The van der Waals surface area contributed by atoms with Crippen LogP contribution in [-0.4, -0.2) is 20.0 Å². The highest BCUT2D eigenvalue weighted by Crippen LogP contribution is 2.29. The molecule has 0 bridgehead atoms. The summed E-state index contributed by atoms with van der Waals surface area (Å²) < 4.78 is 0. The zero-order valence-electron chi connectivity index (χ0n) is 14.8. The van der Waals surface area contributed by atoms with Crippen LogP contribution < -0.4 is 10.2 Å². The molecule has 1 N–H and O–H groups in total. The number of aryl methyl sites for hydroxylation is 1. The molecule has 0 aliphatic heterocycles. The molecule has 0 aliphatic rings. The highest BCUT2D eigenvalue weighted by molar-refractivity contribution is 6.06. The van der Waals surface area contributed by atoms with Crippen LogP contribution in [0.4, 0.5) is 11.4 Å². The predicted molar refractivity (Wildman–Crippen MR) is 105 cm³/mol. The van der Waals surface area contributed by atoms with Crippen molar-refractivity contribution >= 4 is 17.3 Å². The Hall–Kier alpha value is -3.07. The first-order chi connectivity index (χ1) is 12.0. The molecule has 0 aromatic heterocycles. The first kappa shape index (κ1) is 16.8. The van der Waals surface area contributed by atoms with Crippen LogP contribution >= 0.6 is 0 Å². The summed E-state index contributed by atoms with van der Waals surface area (Å²) in [5.74, 6) is -0.105. The van der Waals surface area contributed by atoms with Gasteiger partial charge in [0.15, 0.2) is 0 Å². The van der Waals surface area contributed by atoms with Gasteiger partial charge in [-0.15, -0.1) is 0 Å². The van der Waals surface area contributed by atoms with Gasteiger partial charge in [0, 0.05) is 36.6 Å². The number of rotatable bonds is 4. The second-order valence-corrected chi connectivity index (χ2v) is 6.31. The molecule has 3 aromatic rings. The molecule has 3 heteroatoms. The van der Waals surface area contributed by atoms with E-state index in [2.05, 4.69) is 30.4 Å². The van der Waals surface area contributed by atoms with Crippen LogP contribution in [0.25, 0.3) is 11.1 Å². The van der Waals surface area contributed by atoms with Crippen LogP contribution in [0, 0.1) is 6.92 Å². The van der Waals surface area contributed by atoms with Crippen molar-refractivity contribution in [2.24, 2.45) is 0 Å². The Bertz CT molecular complexity index is 868. The predicted octanol–water partition coefficient (Wildman–Crippen LogP) is 4.98. The zero-order valence-corrected chi connectivity index (χ0v) is 14.8. The van der Waals surface area contributed by atoms with Crippen molar-refractivity contribution in [3.63, 3.8) is 0 Å². The summed E-state index contributed by atoms with van der Waals surface area (Å²) in [5.41, 5.74) is 5.80. The van der Waals surface area contributed by atoms with Gasteiger partial charge in [-0.2, -0.15) is 0 Å². The molecular formula is C22H22N2O. The molecule has 0 heterocycles. The van der Waals surface area contributed by atoms with Crippen LogP contribution in [0.3, 0.4) is 0 Å². The fourth-order valence-electron chi connectivity index (χ4n) is 2.73. The average molecular weight is 330 g/mol. The van der Waals surface area contributed by atoms with E-state index in [-0.39, 0.29) is 5.91 Å². The number of anilines is 2. The summed E-state index contributed by atoms with van der Waals surface area (Å²) in [6, 6.07) is 23.8. The zero-order chi connectivity index (χ0) is 17.8. The summed E-state index contributed by atoms with van der Waals surface area (Å²) in [6.07, 6.45) is 0. The number of hydrogen-bond donors (Lipinski definition) is 1. The molecule has 0 saturated carbocycles. The van der Waals surface area contributed by atoms with Crippen molar-refractivity contribution in [2.45, 2.75) is 6.92 Å². The van der Waals surface area contributed by atoms with Crippen molar-refractivity contribution in [1.82, 2.24) is 0 Å². The highest BCUT2D eigenvalue weighted by atomic mass is 16.1. The van der Waals surface area contributed by atoms with Crippen LogP contribution in [0.5, 0.6) is 0 Å². The van der Waals surface area contributed by atoms with Crippen LogP contribution in [0.2, 0.25) is 0 Å². The van der Waals surface area contributed by atoms with Gasteiger partial charge in [0.05, 0.1) is 0 Å². The Balaban J connectivity index is 1.89. The summed E-state index contributed by atoms with van der Waals surface area (Å²) in [6.45, 7) is 2.05. The van der Waals surface area contributed by atoms with Crippen molar-refractivity contribution in [3.8, 4) is 11.1 Å². The minimum Gasteiger partial charge on any atom is -0.378 e. The van der Waals surface area contributed by atoms with E-state index in [4.69, 9.17) is 0 Å². The van der Waals surface area contributed by atoms with E-state index >= 15 is 0 Å². The van der Waals surface area contributed by atoms with E-state index in [1.165, 1.54) is 0 Å². The van der Waals surface area contributed by atoms with Crippen LogP contribution in [0.1, 0.15) is 15.9 Å². The van der Waals surface area contributed by atoms with Gasteiger partial charge in [-0.1, -0.05) is 42.0 Å². The molecule has 126 valence electrons. The van der Waals surface area contributed by atoms with Crippen molar-refractivity contribution in [3.05, 3.63) is 83.9 Å².